The summed E-state index contributed by atoms with van der Waals surface area (Å²) >= 11 is 0. The molecule has 2 aromatic rings. The zero-order valence-electron chi connectivity index (χ0n) is 12.2. The van der Waals surface area contributed by atoms with E-state index in [0.29, 0.717) is 11.5 Å². The lowest BCUT2D eigenvalue weighted by Gasteiger charge is -2.10. The molecule has 0 atom stereocenters. The molecule has 0 aliphatic heterocycles. The molecule has 0 aromatic heterocycles. The molecule has 0 aliphatic carbocycles. The lowest BCUT2D eigenvalue weighted by Crippen LogP contribution is -2.24. The molecule has 0 unspecified atom stereocenters. The van der Waals surface area contributed by atoms with Crippen LogP contribution >= 0.6 is 0 Å². The molecule has 0 saturated carbocycles. The number of methoxy groups -OCH3 is 1. The highest BCUT2D eigenvalue weighted by Crippen LogP contribution is 2.14. The summed E-state index contributed by atoms with van der Waals surface area (Å²) in [4.78, 5) is 0.318. The van der Waals surface area contributed by atoms with Crippen molar-refractivity contribution in [3.63, 3.8) is 0 Å². The summed E-state index contributed by atoms with van der Waals surface area (Å²) in [6, 6.07) is 14.6. The van der Waals surface area contributed by atoms with Gasteiger partial charge in [-0.3, -0.25) is 0 Å². The van der Waals surface area contributed by atoms with E-state index in [-0.39, 0.29) is 6.54 Å². The van der Waals surface area contributed by atoms with Gasteiger partial charge in [0.15, 0.2) is 0 Å². The normalized spacial score (nSPS) is 11.5. The van der Waals surface area contributed by atoms with Crippen LogP contribution in [0.15, 0.2) is 53.4 Å². The Hall–Kier alpha value is -1.69. The molecule has 1 N–H and O–H groups in total. The zero-order valence-corrected chi connectivity index (χ0v) is 13.0. The van der Waals surface area contributed by atoms with Gasteiger partial charge in [0.1, 0.15) is 0 Å². The third-order valence-corrected chi connectivity index (χ3v) is 4.71. The van der Waals surface area contributed by atoms with Crippen LogP contribution in [0.5, 0.6) is 0 Å². The second-order valence-electron chi connectivity index (χ2n) is 4.84. The number of aryl methyl sites for hydroxylation is 1. The van der Waals surface area contributed by atoms with Gasteiger partial charge in [0, 0.05) is 13.7 Å². The van der Waals surface area contributed by atoms with Crippen LogP contribution in [0.1, 0.15) is 16.7 Å². The summed E-state index contributed by atoms with van der Waals surface area (Å²) < 4.78 is 32.3. The summed E-state index contributed by atoms with van der Waals surface area (Å²) in [6.07, 6.45) is 0. The minimum atomic E-state index is -3.50. The Labute approximate surface area is 125 Å². The average molecular weight is 305 g/mol. The van der Waals surface area contributed by atoms with Gasteiger partial charge in [0.25, 0.3) is 0 Å². The summed E-state index contributed by atoms with van der Waals surface area (Å²) in [5, 5.41) is 0. The molecule has 2 aromatic carbocycles. The molecule has 112 valence electrons. The predicted octanol–water partition coefficient (Wildman–Crippen LogP) is 2.62. The van der Waals surface area contributed by atoms with Crippen molar-refractivity contribution in [1.82, 2.24) is 4.72 Å². The largest absolute Gasteiger partial charge is 0.380 e. The van der Waals surface area contributed by atoms with Gasteiger partial charge in [-0.25, -0.2) is 13.1 Å². The average Bonchev–Trinajstić information content (AvgIpc) is 2.46. The van der Waals surface area contributed by atoms with Crippen molar-refractivity contribution in [3.8, 4) is 0 Å². The highest BCUT2D eigenvalue weighted by atomic mass is 32.2. The first-order chi connectivity index (χ1) is 10.0. The Kier molecular flexibility index (Phi) is 5.12. The molecule has 0 aliphatic rings. The van der Waals surface area contributed by atoms with Gasteiger partial charge in [-0.05, 0) is 29.7 Å². The lowest BCUT2D eigenvalue weighted by molar-refractivity contribution is 0.185. The van der Waals surface area contributed by atoms with E-state index < -0.39 is 10.0 Å². The first-order valence-electron chi connectivity index (χ1n) is 6.65. The standard InChI is InChI=1S/C16H19NO3S/c1-13-6-3-4-9-16(13)21(18,19)17-11-14-7-5-8-15(10-14)12-20-2/h3-10,17H,11-12H2,1-2H3. The smallest absolute Gasteiger partial charge is 0.241 e. The van der Waals surface area contributed by atoms with E-state index in [1.54, 1.807) is 32.2 Å². The minimum absolute atomic E-state index is 0.258. The molecule has 0 spiro atoms. The van der Waals surface area contributed by atoms with Gasteiger partial charge in [-0.15, -0.1) is 0 Å². The first kappa shape index (κ1) is 15.7. The fourth-order valence-corrected chi connectivity index (χ4v) is 3.37. The molecule has 0 amide bonds. The molecule has 0 bridgehead atoms. The second-order valence-corrected chi connectivity index (χ2v) is 6.58. The number of rotatable bonds is 6. The van der Waals surface area contributed by atoms with Crippen LogP contribution in [0.25, 0.3) is 0 Å². The lowest BCUT2D eigenvalue weighted by atomic mass is 10.1. The monoisotopic (exact) mass is 305 g/mol. The molecular weight excluding hydrogens is 286 g/mol. The maximum atomic E-state index is 12.3. The van der Waals surface area contributed by atoms with Gasteiger partial charge in [-0.2, -0.15) is 0 Å². The Morgan fingerprint density at radius 1 is 1.05 bits per heavy atom. The van der Waals surface area contributed by atoms with Crippen LogP contribution < -0.4 is 4.72 Å². The maximum Gasteiger partial charge on any atom is 0.241 e. The van der Waals surface area contributed by atoms with Crippen molar-refractivity contribution >= 4 is 10.0 Å². The summed E-state index contributed by atoms with van der Waals surface area (Å²) in [7, 11) is -1.86. The fraction of sp³-hybridized carbons (Fsp3) is 0.250. The molecule has 0 fully saturated rings. The Bertz CT molecular complexity index is 711. The number of sulfonamides is 1. The quantitative estimate of drug-likeness (QED) is 0.892. The van der Waals surface area contributed by atoms with E-state index in [9.17, 15) is 8.42 Å². The Morgan fingerprint density at radius 2 is 1.76 bits per heavy atom. The SMILES string of the molecule is COCc1cccc(CNS(=O)(=O)c2ccccc2C)c1. The summed E-state index contributed by atoms with van der Waals surface area (Å²) in [6.45, 7) is 2.56. The first-order valence-corrected chi connectivity index (χ1v) is 8.13. The Balaban J connectivity index is 2.12. The van der Waals surface area contributed by atoms with E-state index in [4.69, 9.17) is 4.74 Å². The second kappa shape index (κ2) is 6.85. The number of nitrogens with one attached hydrogen (secondary N) is 1. The van der Waals surface area contributed by atoms with Crippen molar-refractivity contribution in [1.29, 1.82) is 0 Å². The van der Waals surface area contributed by atoms with Gasteiger partial charge in [0.05, 0.1) is 11.5 Å². The fourth-order valence-electron chi connectivity index (χ4n) is 2.11. The van der Waals surface area contributed by atoms with E-state index in [1.165, 1.54) is 0 Å². The molecular formula is C16H19NO3S. The van der Waals surface area contributed by atoms with E-state index in [0.717, 1.165) is 16.7 Å². The number of ether oxygens (including phenoxy) is 1. The predicted molar refractivity (Wildman–Crippen MR) is 82.4 cm³/mol. The summed E-state index contributed by atoms with van der Waals surface area (Å²) in [5.74, 6) is 0. The summed E-state index contributed by atoms with van der Waals surface area (Å²) in [5.41, 5.74) is 2.66. The van der Waals surface area contributed by atoms with E-state index in [2.05, 4.69) is 4.72 Å². The number of hydrogen-bond donors (Lipinski definition) is 1. The number of benzene rings is 2. The van der Waals surface area contributed by atoms with Crippen LogP contribution in [-0.2, 0) is 27.9 Å². The molecule has 0 saturated heterocycles. The zero-order chi connectivity index (χ0) is 15.3. The minimum Gasteiger partial charge on any atom is -0.380 e. The highest BCUT2D eigenvalue weighted by Gasteiger charge is 2.15. The van der Waals surface area contributed by atoms with Gasteiger partial charge in [-0.1, -0.05) is 42.5 Å². The molecule has 0 heterocycles. The van der Waals surface area contributed by atoms with Crippen LogP contribution in [0, 0.1) is 6.92 Å². The molecule has 0 radical (unpaired) electrons. The van der Waals surface area contributed by atoms with Crippen molar-refractivity contribution in [2.24, 2.45) is 0 Å². The van der Waals surface area contributed by atoms with Crippen LogP contribution in [0.3, 0.4) is 0 Å². The van der Waals surface area contributed by atoms with Crippen molar-refractivity contribution in [2.75, 3.05) is 7.11 Å². The topological polar surface area (TPSA) is 55.4 Å². The van der Waals surface area contributed by atoms with Gasteiger partial charge < -0.3 is 4.74 Å². The van der Waals surface area contributed by atoms with Crippen molar-refractivity contribution < 1.29 is 13.2 Å². The van der Waals surface area contributed by atoms with E-state index >= 15 is 0 Å². The number of hydrogen-bond acceptors (Lipinski definition) is 3. The highest BCUT2D eigenvalue weighted by molar-refractivity contribution is 7.89. The maximum absolute atomic E-state index is 12.3. The van der Waals surface area contributed by atoms with Crippen molar-refractivity contribution in [2.45, 2.75) is 25.0 Å². The van der Waals surface area contributed by atoms with E-state index in [1.807, 2.05) is 30.3 Å². The Morgan fingerprint density at radius 3 is 2.48 bits per heavy atom. The van der Waals surface area contributed by atoms with Crippen LogP contribution in [-0.4, -0.2) is 15.5 Å². The van der Waals surface area contributed by atoms with Crippen LogP contribution in [0.4, 0.5) is 0 Å². The van der Waals surface area contributed by atoms with Crippen LogP contribution in [0.2, 0.25) is 0 Å². The third kappa shape index (κ3) is 4.14. The molecule has 4 nitrogen and oxygen atoms in total. The third-order valence-electron chi connectivity index (χ3n) is 3.15. The van der Waals surface area contributed by atoms with Gasteiger partial charge >= 0.3 is 0 Å². The molecule has 2 rings (SSSR count). The van der Waals surface area contributed by atoms with Crippen molar-refractivity contribution in [3.05, 3.63) is 65.2 Å². The molecule has 5 heteroatoms. The molecule has 21 heavy (non-hydrogen) atoms. The van der Waals surface area contributed by atoms with Gasteiger partial charge in [0.2, 0.25) is 10.0 Å².